The zero-order valence-electron chi connectivity index (χ0n) is 24.5. The topological polar surface area (TPSA) is 132 Å². The summed E-state index contributed by atoms with van der Waals surface area (Å²) in [5, 5.41) is 2.92. The van der Waals surface area contributed by atoms with Gasteiger partial charge in [0.15, 0.2) is 23.1 Å². The number of aromatic nitrogens is 3. The molecule has 0 fully saturated rings. The summed E-state index contributed by atoms with van der Waals surface area (Å²) in [5.41, 5.74) is -1.51. The van der Waals surface area contributed by atoms with Crippen molar-refractivity contribution in [2.45, 2.75) is 0 Å². The average Bonchev–Trinajstić information content (AvgIpc) is 3.05. The summed E-state index contributed by atoms with van der Waals surface area (Å²) in [6.45, 7) is 1.20. The lowest BCUT2D eigenvalue weighted by atomic mass is 10.1. The molecule has 14 heteroatoms. The van der Waals surface area contributed by atoms with Gasteiger partial charge in [-0.2, -0.15) is 0 Å². The van der Waals surface area contributed by atoms with Crippen molar-refractivity contribution in [3.63, 3.8) is 0 Å². The maximum atomic E-state index is 15.4. The van der Waals surface area contributed by atoms with Crippen LogP contribution in [0.4, 0.5) is 14.5 Å². The summed E-state index contributed by atoms with van der Waals surface area (Å²) in [6, 6.07) is 11.6. The fourth-order valence-electron chi connectivity index (χ4n) is 4.82. The number of fused-ring (bicyclic) bond motifs is 3. The van der Waals surface area contributed by atoms with Gasteiger partial charge in [-0.1, -0.05) is 0 Å². The Balaban J connectivity index is 1.27. The van der Waals surface area contributed by atoms with Crippen molar-refractivity contribution in [1.82, 2.24) is 14.1 Å². The molecule has 0 atom stereocenters. The lowest BCUT2D eigenvalue weighted by molar-refractivity contribution is 0.102. The minimum Gasteiger partial charge on any atom is -0.487 e. The molecule has 1 N–H and O–H groups in total. The molecule has 46 heavy (non-hydrogen) atoms. The first kappa shape index (κ1) is 30.3. The minimum absolute atomic E-state index is 0.0167. The van der Waals surface area contributed by atoms with E-state index >= 15 is 4.39 Å². The molecule has 0 saturated heterocycles. The van der Waals surface area contributed by atoms with Gasteiger partial charge in [0.05, 0.1) is 23.2 Å². The molecule has 0 saturated carbocycles. The number of rotatable bonds is 9. The molecule has 3 heterocycles. The molecule has 0 radical (unpaired) electrons. The second-order valence-corrected chi connectivity index (χ2v) is 10.0. The second-order valence-electron chi connectivity index (χ2n) is 10.0. The van der Waals surface area contributed by atoms with Crippen molar-refractivity contribution in [2.75, 3.05) is 38.9 Å². The number of amides is 1. The minimum atomic E-state index is -0.931. The average molecular weight is 633 g/mol. The lowest BCUT2D eigenvalue weighted by Crippen LogP contribution is -2.41. The number of anilines is 1. The molecule has 1 amide bonds. The molecule has 1 aliphatic heterocycles. The third-order valence-electron chi connectivity index (χ3n) is 6.98. The normalized spacial score (nSPS) is 12.2. The standard InChI is InChI=1S/C32H26F2N4O8/c1-37-17-21(31(40)38(32(37)41)20-6-3-18(33)4-7-20)30(39)36-19-5-8-24(22(34)15-19)46-25-9-10-35-23-16-26(43-12-11-42-2)28-29(27(23)25)45-14-13-44-28/h3-10,15-17H,11-14H2,1-2H3,(H,36,39). The number of halogens is 2. The van der Waals surface area contributed by atoms with Gasteiger partial charge < -0.3 is 33.6 Å². The summed E-state index contributed by atoms with van der Waals surface area (Å²) < 4.78 is 59.1. The molecule has 1 aliphatic rings. The van der Waals surface area contributed by atoms with E-state index in [2.05, 4.69) is 10.3 Å². The van der Waals surface area contributed by atoms with Crippen LogP contribution in [0.25, 0.3) is 16.6 Å². The highest BCUT2D eigenvalue weighted by Gasteiger charge is 2.25. The van der Waals surface area contributed by atoms with Crippen molar-refractivity contribution in [2.24, 2.45) is 7.05 Å². The SMILES string of the molecule is COCCOc1cc2nccc(Oc3ccc(NC(=O)c4cn(C)c(=O)n(-c5ccc(F)cc5)c4=O)cc3F)c2c2c1OCCO2. The van der Waals surface area contributed by atoms with Gasteiger partial charge in [-0.05, 0) is 42.5 Å². The van der Waals surface area contributed by atoms with E-state index in [0.29, 0.717) is 41.4 Å². The quantitative estimate of drug-likeness (QED) is 0.238. The first-order valence-corrected chi connectivity index (χ1v) is 14.0. The van der Waals surface area contributed by atoms with Gasteiger partial charge >= 0.3 is 5.69 Å². The summed E-state index contributed by atoms with van der Waals surface area (Å²) in [6.07, 6.45) is 2.56. The van der Waals surface area contributed by atoms with E-state index in [1.165, 1.54) is 37.5 Å². The fourth-order valence-corrected chi connectivity index (χ4v) is 4.82. The van der Waals surface area contributed by atoms with E-state index in [-0.39, 0.29) is 36.1 Å². The molecule has 6 rings (SSSR count). The highest BCUT2D eigenvalue weighted by atomic mass is 19.1. The molecule has 0 unspecified atom stereocenters. The largest absolute Gasteiger partial charge is 0.487 e. The number of carbonyl (C=O) groups excluding carboxylic acids is 1. The Kier molecular flexibility index (Phi) is 8.35. The molecule has 12 nitrogen and oxygen atoms in total. The van der Waals surface area contributed by atoms with Crippen molar-refractivity contribution in [3.05, 3.63) is 105 Å². The number of aryl methyl sites for hydroxylation is 1. The number of hydrogen-bond acceptors (Lipinski definition) is 9. The van der Waals surface area contributed by atoms with Crippen molar-refractivity contribution in [1.29, 1.82) is 0 Å². The van der Waals surface area contributed by atoms with E-state index < -0.39 is 34.4 Å². The summed E-state index contributed by atoms with van der Waals surface area (Å²) >= 11 is 0. The number of ether oxygens (including phenoxy) is 5. The number of hydrogen-bond donors (Lipinski definition) is 1. The molecule has 0 bridgehead atoms. The summed E-state index contributed by atoms with van der Waals surface area (Å²) in [7, 11) is 2.92. The van der Waals surface area contributed by atoms with Gasteiger partial charge in [0, 0.05) is 44.4 Å². The smallest absolute Gasteiger partial charge is 0.335 e. The third-order valence-corrected chi connectivity index (χ3v) is 6.98. The van der Waals surface area contributed by atoms with Crippen LogP contribution >= 0.6 is 0 Å². The van der Waals surface area contributed by atoms with Crippen LogP contribution in [0.5, 0.6) is 28.7 Å². The molecular weight excluding hydrogens is 606 g/mol. The van der Waals surface area contributed by atoms with Gasteiger partial charge in [-0.25, -0.2) is 18.1 Å². The van der Waals surface area contributed by atoms with E-state index in [1.54, 1.807) is 19.2 Å². The van der Waals surface area contributed by atoms with Crippen molar-refractivity contribution >= 4 is 22.5 Å². The lowest BCUT2D eigenvalue weighted by Gasteiger charge is -2.23. The summed E-state index contributed by atoms with van der Waals surface area (Å²) in [5.74, 6) is -1.09. The predicted octanol–water partition coefficient (Wildman–Crippen LogP) is 4.20. The van der Waals surface area contributed by atoms with E-state index in [0.717, 1.165) is 33.5 Å². The number of carbonyl (C=O) groups is 1. The van der Waals surface area contributed by atoms with Crippen LogP contribution in [0.2, 0.25) is 0 Å². The molecule has 0 spiro atoms. The Labute approximate surface area is 259 Å². The molecule has 5 aromatic rings. The van der Waals surface area contributed by atoms with E-state index in [4.69, 9.17) is 23.7 Å². The highest BCUT2D eigenvalue weighted by Crippen LogP contribution is 2.48. The molecule has 0 aliphatic carbocycles. The van der Waals surface area contributed by atoms with Crippen LogP contribution in [0, 0.1) is 11.6 Å². The zero-order chi connectivity index (χ0) is 32.4. The van der Waals surface area contributed by atoms with Gasteiger partial charge in [-0.3, -0.25) is 14.6 Å². The summed E-state index contributed by atoms with van der Waals surface area (Å²) in [4.78, 5) is 43.3. The van der Waals surface area contributed by atoms with Crippen LogP contribution in [-0.2, 0) is 11.8 Å². The zero-order valence-corrected chi connectivity index (χ0v) is 24.5. The van der Waals surface area contributed by atoms with Crippen LogP contribution in [0.15, 0.2) is 76.6 Å². The Morgan fingerprint density at radius 3 is 2.46 bits per heavy atom. The first-order valence-electron chi connectivity index (χ1n) is 14.0. The Morgan fingerprint density at radius 1 is 0.957 bits per heavy atom. The molecular formula is C32H26F2N4O8. The van der Waals surface area contributed by atoms with Crippen molar-refractivity contribution < 1.29 is 37.3 Å². The van der Waals surface area contributed by atoms with Crippen LogP contribution in [0.3, 0.4) is 0 Å². The van der Waals surface area contributed by atoms with Crippen LogP contribution in [-0.4, -0.2) is 53.6 Å². The Morgan fingerprint density at radius 2 is 1.72 bits per heavy atom. The first-order chi connectivity index (χ1) is 22.2. The van der Waals surface area contributed by atoms with Gasteiger partial charge in [0.1, 0.15) is 37.0 Å². The third kappa shape index (κ3) is 5.85. The van der Waals surface area contributed by atoms with E-state index in [1.807, 2.05) is 0 Å². The predicted molar refractivity (Wildman–Crippen MR) is 162 cm³/mol. The Hall–Kier alpha value is -5.76. The number of nitrogens with one attached hydrogen (secondary N) is 1. The number of methoxy groups -OCH3 is 1. The molecule has 236 valence electrons. The maximum Gasteiger partial charge on any atom is 0.335 e. The second kappa shape index (κ2) is 12.7. The number of nitrogens with zero attached hydrogens (tertiary/aromatic N) is 3. The Bertz CT molecular complexity index is 2080. The fraction of sp³-hybridized carbons (Fsp3) is 0.188. The highest BCUT2D eigenvalue weighted by molar-refractivity contribution is 6.04. The number of benzene rings is 3. The van der Waals surface area contributed by atoms with Crippen LogP contribution < -0.4 is 35.5 Å². The monoisotopic (exact) mass is 632 g/mol. The van der Waals surface area contributed by atoms with Crippen LogP contribution in [0.1, 0.15) is 10.4 Å². The number of pyridine rings is 1. The van der Waals surface area contributed by atoms with Gasteiger partial charge in [-0.15, -0.1) is 0 Å². The molecule has 3 aromatic carbocycles. The van der Waals surface area contributed by atoms with Gasteiger partial charge in [0.25, 0.3) is 11.5 Å². The molecule has 2 aromatic heterocycles. The van der Waals surface area contributed by atoms with Gasteiger partial charge in [0.2, 0.25) is 5.75 Å². The van der Waals surface area contributed by atoms with E-state index in [9.17, 15) is 18.8 Å². The maximum absolute atomic E-state index is 15.4. The van der Waals surface area contributed by atoms with Crippen molar-refractivity contribution in [3.8, 4) is 34.4 Å².